The SMILES string of the molecule is O=C1COc2cccc(c2)-c2cncc(c2)C(=O)N[C@@H]2CN(C(=O)c3cccc(C(F)(F)F)c3)CC[C@@H]2Oc2ccc(cc2)CN1. The van der Waals surface area contributed by atoms with Crippen LogP contribution in [0.3, 0.4) is 0 Å². The molecule has 2 atom stereocenters. The molecule has 3 aliphatic rings. The number of nitrogens with zero attached hydrogens (tertiary/aromatic N) is 2. The number of benzene rings is 3. The lowest BCUT2D eigenvalue weighted by Gasteiger charge is -2.39. The van der Waals surface area contributed by atoms with Gasteiger partial charge in [-0.1, -0.05) is 30.3 Å². The normalized spacial score (nSPS) is 18.7. The number of hydrogen-bond donors (Lipinski definition) is 2. The molecule has 2 N–H and O–H groups in total. The van der Waals surface area contributed by atoms with Gasteiger partial charge in [0.25, 0.3) is 17.7 Å². The van der Waals surface area contributed by atoms with Gasteiger partial charge < -0.3 is 25.0 Å². The van der Waals surface area contributed by atoms with Crippen LogP contribution in [0.2, 0.25) is 0 Å². The Labute approximate surface area is 262 Å². The molecule has 236 valence electrons. The average Bonchev–Trinajstić information content (AvgIpc) is 3.07. The largest absolute Gasteiger partial charge is 0.488 e. The number of fused-ring (bicyclic) bond motifs is 7. The standard InChI is InChI=1S/C34H29F3N4O5/c35-34(36,37)26-5-1-4-23(14-26)33(44)41-12-11-30-29(19-41)40-32(43)25-13-24(17-38-18-25)22-3-2-6-28(15-22)45-20-31(42)39-16-21-7-9-27(46-30)10-8-21/h1-10,13-15,17-18,29-30H,11-12,16,19-20H2,(H,39,42)(H,40,43)/t29-,30+/m1/s1. The fourth-order valence-corrected chi connectivity index (χ4v) is 5.41. The van der Waals surface area contributed by atoms with Crippen molar-refractivity contribution < 1.29 is 37.0 Å². The highest BCUT2D eigenvalue weighted by Crippen LogP contribution is 2.30. The number of likely N-dealkylation sites (tertiary alicyclic amines) is 1. The van der Waals surface area contributed by atoms with Crippen molar-refractivity contribution in [2.24, 2.45) is 0 Å². The van der Waals surface area contributed by atoms with Gasteiger partial charge in [0.1, 0.15) is 17.6 Å². The van der Waals surface area contributed by atoms with Gasteiger partial charge in [-0.2, -0.15) is 13.2 Å². The molecule has 4 aromatic rings. The van der Waals surface area contributed by atoms with Crippen molar-refractivity contribution in [3.63, 3.8) is 0 Å². The lowest BCUT2D eigenvalue weighted by Crippen LogP contribution is -2.58. The second kappa shape index (κ2) is 12.9. The zero-order chi connectivity index (χ0) is 32.3. The summed E-state index contributed by atoms with van der Waals surface area (Å²) >= 11 is 0. The monoisotopic (exact) mass is 630 g/mol. The van der Waals surface area contributed by atoms with Crippen molar-refractivity contribution in [3.8, 4) is 22.6 Å². The van der Waals surface area contributed by atoms with E-state index in [2.05, 4.69) is 15.6 Å². The molecule has 3 aromatic carbocycles. The molecule has 9 nitrogen and oxygen atoms in total. The maximum absolute atomic E-state index is 13.6. The Morgan fingerprint density at radius 3 is 2.48 bits per heavy atom. The molecule has 46 heavy (non-hydrogen) atoms. The summed E-state index contributed by atoms with van der Waals surface area (Å²) in [4.78, 5) is 45.1. The van der Waals surface area contributed by atoms with Crippen LogP contribution in [-0.2, 0) is 17.5 Å². The van der Waals surface area contributed by atoms with Gasteiger partial charge in [0.05, 0.1) is 17.2 Å². The van der Waals surface area contributed by atoms with E-state index in [1.54, 1.807) is 54.7 Å². The Kier molecular flexibility index (Phi) is 8.60. The van der Waals surface area contributed by atoms with E-state index in [4.69, 9.17) is 9.47 Å². The summed E-state index contributed by atoms with van der Waals surface area (Å²) in [5.74, 6) is -0.363. The first-order chi connectivity index (χ1) is 22.1. The number of halogens is 3. The fourth-order valence-electron chi connectivity index (χ4n) is 5.41. The topological polar surface area (TPSA) is 110 Å². The molecule has 1 fully saturated rings. The summed E-state index contributed by atoms with van der Waals surface area (Å²) in [6, 6.07) is 19.4. The van der Waals surface area contributed by atoms with Gasteiger partial charge in [-0.05, 0) is 59.7 Å². The van der Waals surface area contributed by atoms with Crippen molar-refractivity contribution in [2.45, 2.75) is 31.3 Å². The van der Waals surface area contributed by atoms with Crippen molar-refractivity contribution in [3.05, 3.63) is 114 Å². The number of hydrogen-bond acceptors (Lipinski definition) is 6. The van der Waals surface area contributed by atoms with Crippen LogP contribution in [0, 0.1) is 0 Å². The number of amides is 3. The average molecular weight is 631 g/mol. The molecule has 1 saturated heterocycles. The van der Waals surface area contributed by atoms with Crippen LogP contribution >= 0.6 is 0 Å². The van der Waals surface area contributed by atoms with E-state index >= 15 is 0 Å². The lowest BCUT2D eigenvalue weighted by atomic mass is 9.99. The highest BCUT2D eigenvalue weighted by Gasteiger charge is 2.36. The van der Waals surface area contributed by atoms with Crippen LogP contribution in [0.4, 0.5) is 13.2 Å². The highest BCUT2D eigenvalue weighted by molar-refractivity contribution is 5.96. The van der Waals surface area contributed by atoms with Gasteiger partial charge in [-0.3, -0.25) is 19.4 Å². The van der Waals surface area contributed by atoms with E-state index in [0.29, 0.717) is 29.0 Å². The number of rotatable bonds is 1. The van der Waals surface area contributed by atoms with E-state index in [-0.39, 0.29) is 43.3 Å². The number of ether oxygens (including phenoxy) is 2. The quantitative estimate of drug-likeness (QED) is 0.311. The van der Waals surface area contributed by atoms with E-state index < -0.39 is 35.7 Å². The summed E-state index contributed by atoms with van der Waals surface area (Å²) in [7, 11) is 0. The molecule has 6 bridgehead atoms. The van der Waals surface area contributed by atoms with Crippen LogP contribution in [0.15, 0.2) is 91.3 Å². The summed E-state index contributed by atoms with van der Waals surface area (Å²) in [5, 5.41) is 5.80. The molecule has 0 unspecified atom stereocenters. The highest BCUT2D eigenvalue weighted by atomic mass is 19.4. The number of nitrogens with one attached hydrogen (secondary N) is 2. The van der Waals surface area contributed by atoms with Gasteiger partial charge in [0.2, 0.25) is 0 Å². The summed E-state index contributed by atoms with van der Waals surface area (Å²) < 4.78 is 52.0. The third-order valence-electron chi connectivity index (χ3n) is 7.83. The second-order valence-electron chi connectivity index (χ2n) is 11.1. The first-order valence-electron chi connectivity index (χ1n) is 14.6. The van der Waals surface area contributed by atoms with E-state index in [0.717, 1.165) is 17.7 Å². The predicted octanol–water partition coefficient (Wildman–Crippen LogP) is 4.87. The second-order valence-corrected chi connectivity index (χ2v) is 11.1. The van der Waals surface area contributed by atoms with Gasteiger partial charge in [0.15, 0.2) is 6.61 Å². The number of aromatic nitrogens is 1. The maximum atomic E-state index is 13.6. The minimum absolute atomic E-state index is 0.00209. The Balaban J connectivity index is 1.30. The molecule has 0 saturated carbocycles. The molecule has 0 aliphatic carbocycles. The molecule has 4 heterocycles. The summed E-state index contributed by atoms with van der Waals surface area (Å²) in [6.07, 6.45) is -1.84. The van der Waals surface area contributed by atoms with Gasteiger partial charge in [-0.15, -0.1) is 0 Å². The third kappa shape index (κ3) is 7.12. The Bertz CT molecular complexity index is 1760. The van der Waals surface area contributed by atoms with Gasteiger partial charge in [-0.25, -0.2) is 0 Å². The van der Waals surface area contributed by atoms with E-state index in [9.17, 15) is 27.6 Å². The minimum Gasteiger partial charge on any atom is -0.488 e. The minimum atomic E-state index is -4.59. The molecular weight excluding hydrogens is 601 g/mol. The van der Waals surface area contributed by atoms with Crippen LogP contribution < -0.4 is 20.1 Å². The first-order valence-corrected chi connectivity index (χ1v) is 14.6. The lowest BCUT2D eigenvalue weighted by molar-refractivity contribution is -0.137. The third-order valence-corrected chi connectivity index (χ3v) is 7.83. The number of carbonyl (C=O) groups is 3. The molecule has 0 spiro atoms. The van der Waals surface area contributed by atoms with E-state index in [1.165, 1.54) is 23.2 Å². The van der Waals surface area contributed by atoms with Crippen LogP contribution in [0.5, 0.6) is 11.5 Å². The Morgan fingerprint density at radius 1 is 0.891 bits per heavy atom. The molecule has 1 aromatic heterocycles. The van der Waals surface area contributed by atoms with Crippen molar-refractivity contribution in [1.29, 1.82) is 0 Å². The molecule has 12 heteroatoms. The Hall–Kier alpha value is -5.39. The zero-order valence-corrected chi connectivity index (χ0v) is 24.4. The summed E-state index contributed by atoms with van der Waals surface area (Å²) in [5.41, 5.74) is 1.41. The molecule has 0 radical (unpaired) electrons. The fraction of sp³-hybridized carbons (Fsp3) is 0.235. The Morgan fingerprint density at radius 2 is 1.67 bits per heavy atom. The van der Waals surface area contributed by atoms with Crippen LogP contribution in [0.1, 0.15) is 38.3 Å². The number of carbonyl (C=O) groups excluding carboxylic acids is 3. The first kappa shape index (κ1) is 30.6. The predicted molar refractivity (Wildman–Crippen MR) is 161 cm³/mol. The van der Waals surface area contributed by atoms with Crippen molar-refractivity contribution in [2.75, 3.05) is 19.7 Å². The number of alkyl halides is 3. The zero-order valence-electron chi connectivity index (χ0n) is 24.4. The van der Waals surface area contributed by atoms with Crippen molar-refractivity contribution in [1.82, 2.24) is 20.5 Å². The maximum Gasteiger partial charge on any atom is 0.416 e. The smallest absolute Gasteiger partial charge is 0.416 e. The number of piperidine rings is 1. The van der Waals surface area contributed by atoms with E-state index in [1.807, 2.05) is 6.07 Å². The van der Waals surface area contributed by atoms with Gasteiger partial charge in [0, 0.05) is 49.6 Å². The van der Waals surface area contributed by atoms with Gasteiger partial charge >= 0.3 is 6.18 Å². The molecular formula is C34H29F3N4O5. The van der Waals surface area contributed by atoms with Crippen LogP contribution in [0.25, 0.3) is 11.1 Å². The van der Waals surface area contributed by atoms with Crippen LogP contribution in [-0.4, -0.2) is 59.4 Å². The van der Waals surface area contributed by atoms with Crippen molar-refractivity contribution >= 4 is 17.7 Å². The molecule has 7 rings (SSSR count). The number of pyridine rings is 1. The molecule has 3 amide bonds. The summed E-state index contributed by atoms with van der Waals surface area (Å²) in [6.45, 7) is 0.297. The molecule has 3 aliphatic heterocycles.